The summed E-state index contributed by atoms with van der Waals surface area (Å²) < 4.78 is 11.7. The molecule has 1 aliphatic carbocycles. The van der Waals surface area contributed by atoms with Gasteiger partial charge in [0.2, 0.25) is 23.5 Å². The summed E-state index contributed by atoms with van der Waals surface area (Å²) in [4.78, 5) is 72.9. The Morgan fingerprint density at radius 3 is 2.33 bits per heavy atom. The maximum Gasteiger partial charge on any atom is 0.315 e. The maximum atomic E-state index is 14.4. The second-order valence-corrected chi connectivity index (χ2v) is 14.8. The van der Waals surface area contributed by atoms with E-state index in [0.29, 0.717) is 18.1 Å². The van der Waals surface area contributed by atoms with E-state index < -0.39 is 64.7 Å². The molecule has 4 N–H and O–H groups in total. The zero-order chi connectivity index (χ0) is 35.4. The number of nitrogens with zero attached hydrogens (tertiary/aromatic N) is 2. The molecule has 2 aliphatic rings. The molecule has 0 bridgehead atoms. The summed E-state index contributed by atoms with van der Waals surface area (Å²) >= 11 is 0. The first-order chi connectivity index (χ1) is 22.5. The largest absolute Gasteiger partial charge is 0.497 e. The molecule has 48 heavy (non-hydrogen) atoms. The number of hydrogen-bond donors (Lipinski definition) is 4. The van der Waals surface area contributed by atoms with Gasteiger partial charge in [-0.2, -0.15) is 0 Å². The Morgan fingerprint density at radius 2 is 1.73 bits per heavy atom. The van der Waals surface area contributed by atoms with Crippen LogP contribution in [0.25, 0.3) is 10.8 Å². The normalized spacial score (nSPS) is 19.2. The van der Waals surface area contributed by atoms with Gasteiger partial charge < -0.3 is 35.6 Å². The van der Waals surface area contributed by atoms with Crippen LogP contribution in [0.4, 0.5) is 4.79 Å². The van der Waals surface area contributed by atoms with Gasteiger partial charge in [-0.3, -0.25) is 19.2 Å². The van der Waals surface area contributed by atoms with Crippen molar-refractivity contribution in [3.8, 4) is 11.6 Å². The molecular weight excluding hydrogens is 616 g/mol. The summed E-state index contributed by atoms with van der Waals surface area (Å²) in [7, 11) is 1.58. The standard InChI is InChI=1S/C35H50N6O7/c1-9-10-25(27(42)30(44)37-21-11-12-21)38-29(43)26-18-23(48-31-24-14-13-22(47-8)17-20(24)15-16-36-31)19-41(26)32(45)28(34(2,3)4)39-33(46)40-35(5,6)7/h13-17,21,23,25-26,28H,9-12,18-19H2,1-8H3,(H,37,44)(H,38,43)(H2,39,40,46)/t23-,25+,26?,28-/m1/s1. The molecule has 2 heterocycles. The van der Waals surface area contributed by atoms with Crippen LogP contribution >= 0.6 is 0 Å². The number of Topliss-reactive ketones (excluding diaryl/α,β-unsaturated/α-hetero) is 1. The van der Waals surface area contributed by atoms with Crippen LogP contribution < -0.4 is 30.7 Å². The minimum absolute atomic E-state index is 0.0126. The van der Waals surface area contributed by atoms with Gasteiger partial charge >= 0.3 is 6.03 Å². The Labute approximate surface area is 282 Å². The molecule has 13 heteroatoms. The SMILES string of the molecule is CCC[C@H](NC(=O)C1C[C@@H](Oc2nccc3cc(OC)ccc23)CN1C(=O)[C@@H](NC(=O)NC(C)(C)C)C(C)(C)C)C(=O)C(=O)NC1CC1. The van der Waals surface area contributed by atoms with Crippen LogP contribution in [0.15, 0.2) is 30.5 Å². The highest BCUT2D eigenvalue weighted by atomic mass is 16.5. The van der Waals surface area contributed by atoms with E-state index in [2.05, 4.69) is 26.3 Å². The topological polar surface area (TPSA) is 168 Å². The van der Waals surface area contributed by atoms with Crippen molar-refractivity contribution in [2.24, 2.45) is 5.41 Å². The summed E-state index contributed by atoms with van der Waals surface area (Å²) in [6.45, 7) is 12.9. The lowest BCUT2D eigenvalue weighted by Gasteiger charge is -2.36. The van der Waals surface area contributed by atoms with Gasteiger partial charge in [-0.05, 0) is 75.1 Å². The molecule has 1 aromatic carbocycles. The van der Waals surface area contributed by atoms with Crippen LogP contribution in [-0.4, -0.2) is 88.9 Å². The van der Waals surface area contributed by atoms with Gasteiger partial charge in [-0.1, -0.05) is 34.1 Å². The van der Waals surface area contributed by atoms with Gasteiger partial charge in [0.25, 0.3) is 5.91 Å². The van der Waals surface area contributed by atoms with Crippen molar-refractivity contribution in [1.29, 1.82) is 0 Å². The molecule has 1 aromatic heterocycles. The predicted molar refractivity (Wildman–Crippen MR) is 181 cm³/mol. The first-order valence-corrected chi connectivity index (χ1v) is 16.6. The summed E-state index contributed by atoms with van der Waals surface area (Å²) in [5.74, 6) is -1.49. The molecule has 1 unspecified atom stereocenters. The molecule has 1 saturated carbocycles. The van der Waals surface area contributed by atoms with E-state index in [4.69, 9.17) is 9.47 Å². The summed E-state index contributed by atoms with van der Waals surface area (Å²) in [6.07, 6.45) is 3.50. The minimum atomic E-state index is -1.05. The van der Waals surface area contributed by atoms with Crippen molar-refractivity contribution in [2.75, 3.05) is 13.7 Å². The fourth-order valence-electron chi connectivity index (χ4n) is 5.67. The van der Waals surface area contributed by atoms with Crippen molar-refractivity contribution in [3.05, 3.63) is 30.5 Å². The molecule has 4 rings (SSSR count). The first-order valence-electron chi connectivity index (χ1n) is 16.6. The number of benzene rings is 1. The average Bonchev–Trinajstić information content (AvgIpc) is 3.72. The van der Waals surface area contributed by atoms with Crippen molar-refractivity contribution >= 4 is 40.3 Å². The van der Waals surface area contributed by atoms with Crippen LogP contribution in [0, 0.1) is 5.41 Å². The van der Waals surface area contributed by atoms with Gasteiger partial charge in [-0.25, -0.2) is 9.78 Å². The number of carbonyl (C=O) groups is 5. The Morgan fingerprint density at radius 1 is 1.02 bits per heavy atom. The van der Waals surface area contributed by atoms with Gasteiger partial charge in [0.15, 0.2) is 0 Å². The number of nitrogens with one attached hydrogen (secondary N) is 4. The van der Waals surface area contributed by atoms with E-state index in [1.807, 2.05) is 66.7 Å². The molecule has 0 radical (unpaired) electrons. The third-order valence-electron chi connectivity index (χ3n) is 8.29. The zero-order valence-electron chi connectivity index (χ0n) is 29.3. The van der Waals surface area contributed by atoms with E-state index in [-0.39, 0.29) is 25.4 Å². The van der Waals surface area contributed by atoms with E-state index in [0.717, 1.165) is 23.6 Å². The minimum Gasteiger partial charge on any atom is -0.497 e. The van der Waals surface area contributed by atoms with Crippen molar-refractivity contribution < 1.29 is 33.4 Å². The highest BCUT2D eigenvalue weighted by Crippen LogP contribution is 2.32. The third-order valence-corrected chi connectivity index (χ3v) is 8.29. The first kappa shape index (κ1) is 36.4. The third kappa shape index (κ3) is 9.35. The fraction of sp³-hybridized carbons (Fsp3) is 0.600. The van der Waals surface area contributed by atoms with Crippen molar-refractivity contribution in [1.82, 2.24) is 31.2 Å². The van der Waals surface area contributed by atoms with Crippen molar-refractivity contribution in [2.45, 2.75) is 116 Å². The molecule has 5 amide bonds. The number of pyridine rings is 1. The summed E-state index contributed by atoms with van der Waals surface area (Å²) in [6, 6.07) is 3.68. The van der Waals surface area contributed by atoms with E-state index in [9.17, 15) is 24.0 Å². The van der Waals surface area contributed by atoms with Crippen LogP contribution in [0.1, 0.15) is 80.6 Å². The summed E-state index contributed by atoms with van der Waals surface area (Å²) in [5.41, 5.74) is -1.28. The number of ether oxygens (including phenoxy) is 2. The van der Waals surface area contributed by atoms with Gasteiger partial charge in [0.05, 0.1) is 19.7 Å². The van der Waals surface area contributed by atoms with Gasteiger partial charge in [0, 0.05) is 29.6 Å². The molecule has 262 valence electrons. The summed E-state index contributed by atoms with van der Waals surface area (Å²) in [5, 5.41) is 12.7. The molecule has 13 nitrogen and oxygen atoms in total. The lowest BCUT2D eigenvalue weighted by atomic mass is 9.85. The highest BCUT2D eigenvalue weighted by Gasteiger charge is 2.47. The lowest BCUT2D eigenvalue weighted by Crippen LogP contribution is -2.61. The van der Waals surface area contributed by atoms with E-state index in [1.165, 1.54) is 4.90 Å². The van der Waals surface area contributed by atoms with Crippen molar-refractivity contribution in [3.63, 3.8) is 0 Å². The van der Waals surface area contributed by atoms with Crippen LogP contribution in [-0.2, 0) is 19.2 Å². The van der Waals surface area contributed by atoms with Crippen LogP contribution in [0.5, 0.6) is 11.6 Å². The number of aromatic nitrogens is 1. The number of rotatable bonds is 12. The second kappa shape index (κ2) is 14.8. The predicted octanol–water partition coefficient (Wildman–Crippen LogP) is 3.24. The van der Waals surface area contributed by atoms with Crippen LogP contribution in [0.3, 0.4) is 0 Å². The van der Waals surface area contributed by atoms with E-state index >= 15 is 0 Å². The zero-order valence-corrected chi connectivity index (χ0v) is 29.3. The van der Waals surface area contributed by atoms with Crippen LogP contribution in [0.2, 0.25) is 0 Å². The Balaban J connectivity index is 1.63. The number of hydrogen-bond acceptors (Lipinski definition) is 8. The number of likely N-dealkylation sites (tertiary alicyclic amines) is 1. The Hall–Kier alpha value is -4.42. The molecule has 1 saturated heterocycles. The monoisotopic (exact) mass is 666 g/mol. The Kier molecular flexibility index (Phi) is 11.2. The number of fused-ring (bicyclic) bond motifs is 1. The fourth-order valence-corrected chi connectivity index (χ4v) is 5.67. The number of urea groups is 1. The Bertz CT molecular complexity index is 1530. The molecular formula is C35H50N6O7. The second-order valence-electron chi connectivity index (χ2n) is 14.8. The highest BCUT2D eigenvalue weighted by molar-refractivity contribution is 6.38. The van der Waals surface area contributed by atoms with Gasteiger partial charge in [-0.15, -0.1) is 0 Å². The molecule has 2 aromatic rings. The van der Waals surface area contributed by atoms with E-state index in [1.54, 1.807) is 19.4 Å². The molecule has 0 spiro atoms. The molecule has 2 fully saturated rings. The smallest absolute Gasteiger partial charge is 0.315 e. The molecule has 4 atom stereocenters. The lowest BCUT2D eigenvalue weighted by molar-refractivity contribution is -0.144. The number of carbonyl (C=O) groups excluding carboxylic acids is 5. The number of amides is 5. The van der Waals surface area contributed by atoms with Gasteiger partial charge in [0.1, 0.15) is 23.9 Å². The average molecular weight is 667 g/mol. The molecule has 1 aliphatic heterocycles. The number of methoxy groups -OCH3 is 1. The maximum absolute atomic E-state index is 14.4. The quantitative estimate of drug-likeness (QED) is 0.251. The number of ketones is 1.